The summed E-state index contributed by atoms with van der Waals surface area (Å²) in [6.07, 6.45) is 4.80. The zero-order valence-corrected chi connectivity index (χ0v) is 15.8. The van der Waals surface area contributed by atoms with E-state index in [2.05, 4.69) is 17.1 Å². The minimum atomic E-state index is -0.180. The fourth-order valence-corrected chi connectivity index (χ4v) is 3.68. The number of ether oxygens (including phenoxy) is 1. The van der Waals surface area contributed by atoms with Gasteiger partial charge in [0.1, 0.15) is 12.3 Å². The average Bonchev–Trinajstić information content (AvgIpc) is 2.62. The summed E-state index contributed by atoms with van der Waals surface area (Å²) in [6, 6.07) is 6.32. The molecule has 0 bridgehead atoms. The molecule has 2 aliphatic rings. The van der Waals surface area contributed by atoms with Crippen molar-refractivity contribution >= 4 is 17.5 Å². The molecule has 0 radical (unpaired) electrons. The van der Waals surface area contributed by atoms with Gasteiger partial charge in [-0.2, -0.15) is 0 Å². The number of rotatable bonds is 6. The topological polar surface area (TPSA) is 61.9 Å². The van der Waals surface area contributed by atoms with Gasteiger partial charge in [0.2, 0.25) is 5.91 Å². The van der Waals surface area contributed by atoms with Gasteiger partial charge in [0.05, 0.1) is 5.69 Å². The second-order valence-corrected chi connectivity index (χ2v) is 7.32. The molecule has 3 rings (SSSR count). The van der Waals surface area contributed by atoms with E-state index in [-0.39, 0.29) is 25.0 Å². The van der Waals surface area contributed by atoms with Gasteiger partial charge in [-0.3, -0.25) is 14.5 Å². The summed E-state index contributed by atoms with van der Waals surface area (Å²) in [6.45, 7) is 7.07. The summed E-state index contributed by atoms with van der Waals surface area (Å²) in [5.41, 5.74) is 1.71. The van der Waals surface area contributed by atoms with E-state index in [9.17, 15) is 9.59 Å². The van der Waals surface area contributed by atoms with Crippen LogP contribution in [-0.4, -0.2) is 55.5 Å². The molecule has 0 spiro atoms. The molecule has 1 N–H and O–H groups in total. The maximum Gasteiger partial charge on any atom is 0.265 e. The molecule has 2 heterocycles. The van der Waals surface area contributed by atoms with Crippen LogP contribution in [0.2, 0.25) is 0 Å². The molecule has 1 atom stereocenters. The van der Waals surface area contributed by atoms with Crippen LogP contribution in [0, 0.1) is 6.92 Å². The quantitative estimate of drug-likeness (QED) is 0.790. The zero-order valence-electron chi connectivity index (χ0n) is 15.8. The predicted molar refractivity (Wildman–Crippen MR) is 102 cm³/mol. The van der Waals surface area contributed by atoms with Crippen LogP contribution in [0.3, 0.4) is 0 Å². The molecule has 142 valence electrons. The SMILES string of the molecule is Cc1ccc2c(c1)N(CC(=O)NCCCN1CCCC[C@H]1C)C(=O)CO2. The Morgan fingerprint density at radius 1 is 1.35 bits per heavy atom. The van der Waals surface area contributed by atoms with Gasteiger partial charge in [-0.15, -0.1) is 0 Å². The molecule has 0 saturated carbocycles. The molecule has 6 nitrogen and oxygen atoms in total. The number of carbonyl (C=O) groups excluding carboxylic acids is 2. The third kappa shape index (κ3) is 4.55. The number of piperidine rings is 1. The molecule has 2 amide bonds. The third-order valence-electron chi connectivity index (χ3n) is 5.24. The normalized spacial score (nSPS) is 20.5. The van der Waals surface area contributed by atoms with Crippen LogP contribution in [0.15, 0.2) is 18.2 Å². The van der Waals surface area contributed by atoms with E-state index >= 15 is 0 Å². The Kier molecular flexibility index (Phi) is 6.14. The van der Waals surface area contributed by atoms with Crippen molar-refractivity contribution in [2.75, 3.05) is 37.7 Å². The first kappa shape index (κ1) is 18.7. The number of likely N-dealkylation sites (tertiary alicyclic amines) is 1. The molecule has 1 aromatic carbocycles. The number of nitrogens with zero attached hydrogens (tertiary/aromatic N) is 2. The van der Waals surface area contributed by atoms with Crippen LogP contribution >= 0.6 is 0 Å². The summed E-state index contributed by atoms with van der Waals surface area (Å²) in [5.74, 6) is 0.349. The monoisotopic (exact) mass is 359 g/mol. The number of carbonyl (C=O) groups is 2. The smallest absolute Gasteiger partial charge is 0.265 e. The lowest BCUT2D eigenvalue weighted by Crippen LogP contribution is -2.45. The van der Waals surface area contributed by atoms with Gasteiger partial charge >= 0.3 is 0 Å². The van der Waals surface area contributed by atoms with E-state index in [0.29, 0.717) is 24.0 Å². The van der Waals surface area contributed by atoms with E-state index in [4.69, 9.17) is 4.74 Å². The summed E-state index contributed by atoms with van der Waals surface area (Å²) >= 11 is 0. The number of fused-ring (bicyclic) bond motifs is 1. The van der Waals surface area contributed by atoms with Gasteiger partial charge in [0.15, 0.2) is 6.61 Å². The second kappa shape index (κ2) is 8.54. The Bertz CT molecular complexity index is 662. The highest BCUT2D eigenvalue weighted by Crippen LogP contribution is 2.32. The van der Waals surface area contributed by atoms with Crippen molar-refractivity contribution in [1.29, 1.82) is 0 Å². The molecule has 1 saturated heterocycles. The molecule has 0 unspecified atom stereocenters. The van der Waals surface area contributed by atoms with Gasteiger partial charge < -0.3 is 15.0 Å². The zero-order chi connectivity index (χ0) is 18.5. The van der Waals surface area contributed by atoms with Crippen molar-refractivity contribution in [3.63, 3.8) is 0 Å². The fourth-order valence-electron chi connectivity index (χ4n) is 3.68. The van der Waals surface area contributed by atoms with Crippen molar-refractivity contribution in [3.8, 4) is 5.75 Å². The van der Waals surface area contributed by atoms with Crippen LogP contribution < -0.4 is 15.0 Å². The van der Waals surface area contributed by atoms with Crippen molar-refractivity contribution in [1.82, 2.24) is 10.2 Å². The average molecular weight is 359 g/mol. The minimum absolute atomic E-state index is 0.0177. The van der Waals surface area contributed by atoms with E-state index < -0.39 is 0 Å². The molecule has 2 aliphatic heterocycles. The largest absolute Gasteiger partial charge is 0.482 e. The van der Waals surface area contributed by atoms with Gasteiger partial charge in [-0.1, -0.05) is 12.5 Å². The molecule has 0 aromatic heterocycles. The van der Waals surface area contributed by atoms with Crippen molar-refractivity contribution in [2.45, 2.75) is 45.6 Å². The van der Waals surface area contributed by atoms with Crippen LogP contribution in [0.1, 0.15) is 38.2 Å². The van der Waals surface area contributed by atoms with Gasteiger partial charge in [0.25, 0.3) is 5.91 Å². The first-order chi connectivity index (χ1) is 12.5. The number of benzene rings is 1. The summed E-state index contributed by atoms with van der Waals surface area (Å²) < 4.78 is 5.45. The van der Waals surface area contributed by atoms with Crippen LogP contribution in [0.4, 0.5) is 5.69 Å². The Hall–Kier alpha value is -2.08. The third-order valence-corrected chi connectivity index (χ3v) is 5.24. The van der Waals surface area contributed by atoms with E-state index in [1.54, 1.807) is 0 Å². The van der Waals surface area contributed by atoms with E-state index in [1.807, 2.05) is 25.1 Å². The molecule has 1 fully saturated rings. The number of nitrogens with one attached hydrogen (secondary N) is 1. The standard InChI is InChI=1S/C20H29N3O3/c1-15-7-8-18-17(12-15)23(20(25)14-26-18)13-19(24)21-9-5-11-22-10-4-3-6-16(22)2/h7-8,12,16H,3-6,9-11,13-14H2,1-2H3,(H,21,24)/t16-/m1/s1. The van der Waals surface area contributed by atoms with Crippen LogP contribution in [-0.2, 0) is 9.59 Å². The number of hydrogen-bond acceptors (Lipinski definition) is 4. The maximum absolute atomic E-state index is 12.3. The predicted octanol–water partition coefficient (Wildman–Crippen LogP) is 2.10. The molecular weight excluding hydrogens is 330 g/mol. The summed E-state index contributed by atoms with van der Waals surface area (Å²) in [5, 5.41) is 2.95. The Labute approximate surface area is 155 Å². The lowest BCUT2D eigenvalue weighted by Gasteiger charge is -2.33. The molecule has 6 heteroatoms. The second-order valence-electron chi connectivity index (χ2n) is 7.32. The minimum Gasteiger partial charge on any atom is -0.482 e. The van der Waals surface area contributed by atoms with Gasteiger partial charge in [-0.25, -0.2) is 0 Å². The number of anilines is 1. The van der Waals surface area contributed by atoms with Crippen molar-refractivity contribution in [3.05, 3.63) is 23.8 Å². The first-order valence-electron chi connectivity index (χ1n) is 9.59. The Balaban J connectivity index is 1.47. The van der Waals surface area contributed by atoms with E-state index in [1.165, 1.54) is 24.2 Å². The lowest BCUT2D eigenvalue weighted by atomic mass is 10.0. The fraction of sp³-hybridized carbons (Fsp3) is 0.600. The number of amides is 2. The van der Waals surface area contributed by atoms with Crippen molar-refractivity contribution in [2.24, 2.45) is 0 Å². The molecular formula is C20H29N3O3. The van der Waals surface area contributed by atoms with Crippen LogP contribution in [0.25, 0.3) is 0 Å². The highest BCUT2D eigenvalue weighted by molar-refractivity contribution is 6.02. The number of hydrogen-bond donors (Lipinski definition) is 1. The van der Waals surface area contributed by atoms with E-state index in [0.717, 1.165) is 25.1 Å². The highest BCUT2D eigenvalue weighted by Gasteiger charge is 2.27. The lowest BCUT2D eigenvalue weighted by molar-refractivity contribution is -0.125. The Morgan fingerprint density at radius 3 is 3.00 bits per heavy atom. The molecule has 26 heavy (non-hydrogen) atoms. The first-order valence-corrected chi connectivity index (χ1v) is 9.59. The van der Waals surface area contributed by atoms with Gasteiger partial charge in [-0.05, 0) is 57.4 Å². The molecule has 1 aromatic rings. The van der Waals surface area contributed by atoms with Gasteiger partial charge in [0, 0.05) is 19.1 Å². The Morgan fingerprint density at radius 2 is 2.19 bits per heavy atom. The van der Waals surface area contributed by atoms with Crippen LogP contribution in [0.5, 0.6) is 5.75 Å². The molecule has 0 aliphatic carbocycles. The van der Waals surface area contributed by atoms with Crippen molar-refractivity contribution < 1.29 is 14.3 Å². The highest BCUT2D eigenvalue weighted by atomic mass is 16.5. The maximum atomic E-state index is 12.3. The summed E-state index contributed by atoms with van der Waals surface area (Å²) in [7, 11) is 0. The number of aryl methyl sites for hydroxylation is 1. The summed E-state index contributed by atoms with van der Waals surface area (Å²) in [4.78, 5) is 28.5.